The second kappa shape index (κ2) is 6.03. The number of para-hydroxylation sites is 1. The lowest BCUT2D eigenvalue weighted by Gasteiger charge is -2.07. The maximum Gasteiger partial charge on any atom is 0.344 e. The Morgan fingerprint density at radius 2 is 2.13 bits per heavy atom. The van der Waals surface area contributed by atoms with Gasteiger partial charge in [0.1, 0.15) is 12.4 Å². The summed E-state index contributed by atoms with van der Waals surface area (Å²) in [5, 5.41) is 8.43. The minimum Gasteiger partial charge on any atom is -0.482 e. The first-order valence-corrected chi connectivity index (χ1v) is 4.69. The minimum absolute atomic E-state index is 0.00989. The molecule has 4 heteroatoms. The Labute approximate surface area is 88.4 Å². The molecule has 0 bridgehead atoms. The summed E-state index contributed by atoms with van der Waals surface area (Å²) in [6.07, 6.45) is 0. The van der Waals surface area contributed by atoms with E-state index in [1.165, 1.54) is 0 Å². The fraction of sp³-hybridized carbons (Fsp3) is 0.364. The van der Waals surface area contributed by atoms with Crippen LogP contribution in [0.3, 0.4) is 0 Å². The molecule has 1 aromatic rings. The highest BCUT2D eigenvalue weighted by Gasteiger charge is 2.04. The van der Waals surface area contributed by atoms with Gasteiger partial charge in [-0.05, 0) is 18.6 Å². The number of carbonyl (C=O) groups excluding carboxylic acids is 1. The molecule has 0 fully saturated rings. The van der Waals surface area contributed by atoms with Gasteiger partial charge < -0.3 is 14.6 Å². The van der Waals surface area contributed by atoms with Gasteiger partial charge in [0, 0.05) is 0 Å². The van der Waals surface area contributed by atoms with Crippen LogP contribution in [0.25, 0.3) is 0 Å². The van der Waals surface area contributed by atoms with Crippen molar-refractivity contribution in [2.24, 2.45) is 0 Å². The highest BCUT2D eigenvalue weighted by Crippen LogP contribution is 2.15. The summed E-state index contributed by atoms with van der Waals surface area (Å²) in [5.74, 6) is 0.186. The van der Waals surface area contributed by atoms with Crippen molar-refractivity contribution in [3.63, 3.8) is 0 Å². The zero-order valence-electron chi connectivity index (χ0n) is 8.60. The first kappa shape index (κ1) is 11.5. The van der Waals surface area contributed by atoms with E-state index in [2.05, 4.69) is 4.74 Å². The normalized spacial score (nSPS) is 9.73. The molecule has 1 rings (SSSR count). The van der Waals surface area contributed by atoms with Crippen LogP contribution in [0.5, 0.6) is 5.75 Å². The maximum atomic E-state index is 11.0. The van der Waals surface area contributed by atoms with Crippen molar-refractivity contribution in [2.75, 3.05) is 19.8 Å². The van der Waals surface area contributed by atoms with E-state index < -0.39 is 5.97 Å². The van der Waals surface area contributed by atoms with Crippen LogP contribution >= 0.6 is 0 Å². The van der Waals surface area contributed by atoms with Gasteiger partial charge >= 0.3 is 5.97 Å². The lowest BCUT2D eigenvalue weighted by molar-refractivity contribution is -0.146. The van der Waals surface area contributed by atoms with Crippen LogP contribution in [-0.4, -0.2) is 30.9 Å². The first-order chi connectivity index (χ1) is 7.24. The fourth-order valence-electron chi connectivity index (χ4n) is 1.06. The molecular weight excluding hydrogens is 196 g/mol. The third-order valence-corrected chi connectivity index (χ3v) is 1.79. The molecule has 0 aromatic heterocycles. The van der Waals surface area contributed by atoms with Crippen LogP contribution in [0.4, 0.5) is 0 Å². The van der Waals surface area contributed by atoms with Gasteiger partial charge in [0.05, 0.1) is 6.61 Å². The molecule has 0 saturated heterocycles. The number of benzene rings is 1. The van der Waals surface area contributed by atoms with Crippen LogP contribution in [-0.2, 0) is 9.53 Å². The van der Waals surface area contributed by atoms with Gasteiger partial charge in [-0.2, -0.15) is 0 Å². The number of hydrogen-bond donors (Lipinski definition) is 1. The summed E-state index contributed by atoms with van der Waals surface area (Å²) in [6.45, 7) is 1.60. The SMILES string of the molecule is Cc1ccccc1OCC(=O)OCCO. The fourth-order valence-corrected chi connectivity index (χ4v) is 1.06. The molecule has 1 N–H and O–H groups in total. The molecule has 82 valence electrons. The van der Waals surface area contributed by atoms with Crippen molar-refractivity contribution in [3.8, 4) is 5.75 Å². The smallest absolute Gasteiger partial charge is 0.344 e. The molecule has 0 aliphatic rings. The van der Waals surface area contributed by atoms with Crippen molar-refractivity contribution in [3.05, 3.63) is 29.8 Å². The number of aliphatic hydroxyl groups excluding tert-OH is 1. The summed E-state index contributed by atoms with van der Waals surface area (Å²) >= 11 is 0. The van der Waals surface area contributed by atoms with Gasteiger partial charge in [-0.3, -0.25) is 0 Å². The van der Waals surface area contributed by atoms with E-state index in [-0.39, 0.29) is 19.8 Å². The average molecular weight is 210 g/mol. The standard InChI is InChI=1S/C11H14O4/c1-9-4-2-3-5-10(9)15-8-11(13)14-7-6-12/h2-5,12H,6-8H2,1H3. The molecule has 0 atom stereocenters. The molecule has 0 spiro atoms. The topological polar surface area (TPSA) is 55.8 Å². The average Bonchev–Trinajstić information content (AvgIpc) is 2.25. The Bertz CT molecular complexity index is 322. The Morgan fingerprint density at radius 1 is 1.40 bits per heavy atom. The van der Waals surface area contributed by atoms with Gasteiger partial charge in [0.2, 0.25) is 0 Å². The van der Waals surface area contributed by atoms with Crippen molar-refractivity contribution < 1.29 is 19.4 Å². The Hall–Kier alpha value is -1.55. The van der Waals surface area contributed by atoms with E-state index in [4.69, 9.17) is 9.84 Å². The summed E-state index contributed by atoms with van der Waals surface area (Å²) in [7, 11) is 0. The number of esters is 1. The molecular formula is C11H14O4. The Morgan fingerprint density at radius 3 is 2.80 bits per heavy atom. The largest absolute Gasteiger partial charge is 0.482 e. The summed E-state index contributed by atoms with van der Waals surface area (Å²) in [5.41, 5.74) is 0.965. The van der Waals surface area contributed by atoms with Gasteiger partial charge in [0.15, 0.2) is 6.61 Å². The maximum absolute atomic E-state index is 11.0. The molecule has 0 aliphatic heterocycles. The lowest BCUT2D eigenvalue weighted by Crippen LogP contribution is -2.16. The van der Waals surface area contributed by atoms with Crippen LogP contribution in [0, 0.1) is 6.92 Å². The number of carbonyl (C=O) groups is 1. The molecule has 0 aliphatic carbocycles. The van der Waals surface area contributed by atoms with E-state index in [0.29, 0.717) is 5.75 Å². The van der Waals surface area contributed by atoms with E-state index in [1.54, 1.807) is 6.07 Å². The van der Waals surface area contributed by atoms with Gasteiger partial charge in [-0.15, -0.1) is 0 Å². The predicted octanol–water partition coefficient (Wildman–Crippen LogP) is 0.909. The van der Waals surface area contributed by atoms with Crippen LogP contribution in [0.15, 0.2) is 24.3 Å². The highest BCUT2D eigenvalue weighted by atomic mass is 16.6. The lowest BCUT2D eigenvalue weighted by atomic mass is 10.2. The number of rotatable bonds is 5. The van der Waals surface area contributed by atoms with E-state index in [9.17, 15) is 4.79 Å². The van der Waals surface area contributed by atoms with Crippen molar-refractivity contribution in [1.82, 2.24) is 0 Å². The van der Waals surface area contributed by atoms with Crippen molar-refractivity contribution >= 4 is 5.97 Å². The van der Waals surface area contributed by atoms with Crippen LogP contribution < -0.4 is 4.74 Å². The molecule has 0 saturated carbocycles. The van der Waals surface area contributed by atoms with E-state index >= 15 is 0 Å². The Kier molecular flexibility index (Phi) is 4.63. The first-order valence-electron chi connectivity index (χ1n) is 4.69. The minimum atomic E-state index is -0.479. The number of aliphatic hydroxyl groups is 1. The number of ether oxygens (including phenoxy) is 2. The molecule has 0 radical (unpaired) electrons. The van der Waals surface area contributed by atoms with Gasteiger partial charge in [-0.1, -0.05) is 18.2 Å². The van der Waals surface area contributed by atoms with Crippen LogP contribution in [0.1, 0.15) is 5.56 Å². The quantitative estimate of drug-likeness (QED) is 0.734. The van der Waals surface area contributed by atoms with Crippen LogP contribution in [0.2, 0.25) is 0 Å². The van der Waals surface area contributed by atoms with E-state index in [1.807, 2.05) is 25.1 Å². The predicted molar refractivity (Wildman–Crippen MR) is 54.7 cm³/mol. The molecule has 15 heavy (non-hydrogen) atoms. The molecule has 0 amide bonds. The summed E-state index contributed by atoms with van der Waals surface area (Å²) < 4.78 is 9.88. The monoisotopic (exact) mass is 210 g/mol. The Balaban J connectivity index is 2.37. The van der Waals surface area contributed by atoms with Gasteiger partial charge in [0.25, 0.3) is 0 Å². The molecule has 1 aromatic carbocycles. The summed E-state index contributed by atoms with van der Waals surface area (Å²) in [4.78, 5) is 11.0. The van der Waals surface area contributed by atoms with Crippen molar-refractivity contribution in [1.29, 1.82) is 0 Å². The second-order valence-corrected chi connectivity index (χ2v) is 3.00. The molecule has 0 heterocycles. The molecule has 4 nitrogen and oxygen atoms in total. The zero-order valence-corrected chi connectivity index (χ0v) is 8.60. The van der Waals surface area contributed by atoms with E-state index in [0.717, 1.165) is 5.56 Å². The third-order valence-electron chi connectivity index (χ3n) is 1.79. The van der Waals surface area contributed by atoms with Crippen molar-refractivity contribution in [2.45, 2.75) is 6.92 Å². The number of aryl methyl sites for hydroxylation is 1. The summed E-state index contributed by atoms with van der Waals surface area (Å²) in [6, 6.07) is 7.41. The molecule has 0 unspecified atom stereocenters. The zero-order chi connectivity index (χ0) is 11.1. The highest BCUT2D eigenvalue weighted by molar-refractivity contribution is 5.71. The number of hydrogen-bond acceptors (Lipinski definition) is 4. The third kappa shape index (κ3) is 3.99. The van der Waals surface area contributed by atoms with Gasteiger partial charge in [-0.25, -0.2) is 4.79 Å². The second-order valence-electron chi connectivity index (χ2n) is 3.00.